The minimum atomic E-state index is 0.412. The topological polar surface area (TPSA) is 43.6 Å². The predicted octanol–water partition coefficient (Wildman–Crippen LogP) is 3.20. The van der Waals surface area contributed by atoms with Crippen LogP contribution in [-0.2, 0) is 7.05 Å². The van der Waals surface area contributed by atoms with Gasteiger partial charge in [-0.05, 0) is 6.07 Å². The van der Waals surface area contributed by atoms with E-state index in [9.17, 15) is 0 Å². The van der Waals surface area contributed by atoms with Gasteiger partial charge in [0.05, 0.1) is 5.69 Å². The summed E-state index contributed by atoms with van der Waals surface area (Å²) in [5.74, 6) is 0.605. The van der Waals surface area contributed by atoms with E-state index < -0.39 is 0 Å². The Morgan fingerprint density at radius 1 is 1.00 bits per heavy atom. The summed E-state index contributed by atoms with van der Waals surface area (Å²) in [4.78, 5) is 8.77. The van der Waals surface area contributed by atoms with Crippen molar-refractivity contribution in [2.75, 3.05) is 0 Å². The maximum atomic E-state index is 6.07. The first-order chi connectivity index (χ1) is 9.22. The van der Waals surface area contributed by atoms with Crippen molar-refractivity contribution in [1.82, 2.24) is 19.7 Å². The molecule has 2 aromatic heterocycles. The number of benzene rings is 1. The molecule has 3 rings (SSSR count). The van der Waals surface area contributed by atoms with Gasteiger partial charge in [0.25, 0.3) is 0 Å². The van der Waals surface area contributed by atoms with E-state index in [0.717, 1.165) is 17.0 Å². The highest BCUT2D eigenvalue weighted by Gasteiger charge is 2.09. The molecular weight excluding hydrogens is 260 g/mol. The summed E-state index contributed by atoms with van der Waals surface area (Å²) in [6.45, 7) is 0. The third-order valence-electron chi connectivity index (χ3n) is 2.70. The summed E-state index contributed by atoms with van der Waals surface area (Å²) in [5.41, 5.74) is 2.44. The Hall–Kier alpha value is -2.20. The van der Waals surface area contributed by atoms with E-state index in [0.29, 0.717) is 11.0 Å². The Bertz CT molecular complexity index is 706. The lowest BCUT2D eigenvalue weighted by atomic mass is 10.2. The fourth-order valence-electron chi connectivity index (χ4n) is 1.82. The van der Waals surface area contributed by atoms with E-state index in [4.69, 9.17) is 11.6 Å². The summed E-state index contributed by atoms with van der Waals surface area (Å²) in [7, 11) is 1.87. The molecule has 3 aromatic rings. The molecule has 1 aromatic carbocycles. The van der Waals surface area contributed by atoms with Crippen molar-refractivity contribution in [1.29, 1.82) is 0 Å². The largest absolute Gasteiger partial charge is 0.275 e. The highest BCUT2D eigenvalue weighted by atomic mass is 35.5. The number of aromatic nitrogens is 4. The van der Waals surface area contributed by atoms with Gasteiger partial charge < -0.3 is 0 Å². The minimum Gasteiger partial charge on any atom is -0.275 e. The van der Waals surface area contributed by atoms with Crippen molar-refractivity contribution in [2.24, 2.45) is 7.05 Å². The van der Waals surface area contributed by atoms with E-state index in [1.807, 2.05) is 49.6 Å². The first-order valence-electron chi connectivity index (χ1n) is 5.82. The van der Waals surface area contributed by atoms with Gasteiger partial charge in [0, 0.05) is 24.9 Å². The van der Waals surface area contributed by atoms with Gasteiger partial charge in [0.1, 0.15) is 10.8 Å². The monoisotopic (exact) mass is 270 g/mol. The van der Waals surface area contributed by atoms with E-state index in [1.165, 1.54) is 0 Å². The van der Waals surface area contributed by atoms with Gasteiger partial charge in [-0.1, -0.05) is 41.9 Å². The van der Waals surface area contributed by atoms with Crippen LogP contribution in [0.15, 0.2) is 48.7 Å². The van der Waals surface area contributed by atoms with Crippen LogP contribution in [0.25, 0.3) is 22.8 Å². The highest BCUT2D eigenvalue weighted by Crippen LogP contribution is 2.22. The minimum absolute atomic E-state index is 0.412. The fourth-order valence-corrected chi connectivity index (χ4v) is 2.00. The van der Waals surface area contributed by atoms with Crippen molar-refractivity contribution >= 4 is 11.6 Å². The van der Waals surface area contributed by atoms with Crippen LogP contribution in [0, 0.1) is 0 Å². The molecule has 4 nitrogen and oxygen atoms in total. The zero-order chi connectivity index (χ0) is 13.2. The molecule has 0 atom stereocenters. The third-order valence-corrected chi connectivity index (χ3v) is 2.90. The molecule has 0 bridgehead atoms. The molecule has 2 heterocycles. The molecule has 94 valence electrons. The van der Waals surface area contributed by atoms with Crippen molar-refractivity contribution in [2.45, 2.75) is 0 Å². The van der Waals surface area contributed by atoms with Crippen LogP contribution < -0.4 is 0 Å². The van der Waals surface area contributed by atoms with Gasteiger partial charge in [-0.3, -0.25) is 4.68 Å². The summed E-state index contributed by atoms with van der Waals surface area (Å²) in [6.07, 6.45) is 1.87. The van der Waals surface area contributed by atoms with Crippen LogP contribution in [0.4, 0.5) is 0 Å². The Morgan fingerprint density at radius 2 is 1.79 bits per heavy atom. The summed E-state index contributed by atoms with van der Waals surface area (Å²) in [5, 5.41) is 4.74. The van der Waals surface area contributed by atoms with Crippen LogP contribution >= 0.6 is 11.6 Å². The quantitative estimate of drug-likeness (QED) is 0.672. The second kappa shape index (κ2) is 4.82. The van der Waals surface area contributed by atoms with E-state index in [-0.39, 0.29) is 0 Å². The van der Waals surface area contributed by atoms with Crippen molar-refractivity contribution in [3.05, 3.63) is 53.8 Å². The fraction of sp³-hybridized carbons (Fsp3) is 0.0714. The summed E-state index contributed by atoms with van der Waals surface area (Å²) >= 11 is 6.07. The van der Waals surface area contributed by atoms with Crippen LogP contribution in [0.3, 0.4) is 0 Å². The number of hydrogen-bond donors (Lipinski definition) is 0. The molecule has 0 radical (unpaired) electrons. The molecule has 0 aliphatic heterocycles. The second-order valence-electron chi connectivity index (χ2n) is 4.14. The predicted molar refractivity (Wildman–Crippen MR) is 74.7 cm³/mol. The van der Waals surface area contributed by atoms with Crippen LogP contribution in [0.5, 0.6) is 0 Å². The van der Waals surface area contributed by atoms with Gasteiger partial charge in [-0.2, -0.15) is 5.10 Å². The molecule has 0 fully saturated rings. The van der Waals surface area contributed by atoms with Crippen LogP contribution in [0.1, 0.15) is 0 Å². The Labute approximate surface area is 115 Å². The summed E-state index contributed by atoms with van der Waals surface area (Å²) < 4.78 is 1.73. The molecule has 0 saturated carbocycles. The second-order valence-corrected chi connectivity index (χ2v) is 4.53. The van der Waals surface area contributed by atoms with Crippen molar-refractivity contribution in [3.63, 3.8) is 0 Å². The normalized spacial score (nSPS) is 10.6. The van der Waals surface area contributed by atoms with E-state index in [2.05, 4.69) is 15.1 Å². The Morgan fingerprint density at radius 3 is 2.47 bits per heavy atom. The number of rotatable bonds is 2. The van der Waals surface area contributed by atoms with Crippen LogP contribution in [0.2, 0.25) is 5.15 Å². The zero-order valence-electron chi connectivity index (χ0n) is 10.3. The average Bonchev–Trinajstić information content (AvgIpc) is 2.86. The lowest BCUT2D eigenvalue weighted by Crippen LogP contribution is -1.94. The number of hydrogen-bond acceptors (Lipinski definition) is 3. The third kappa shape index (κ3) is 2.48. The molecule has 0 aliphatic carbocycles. The van der Waals surface area contributed by atoms with Crippen molar-refractivity contribution in [3.8, 4) is 22.8 Å². The highest BCUT2D eigenvalue weighted by molar-refractivity contribution is 6.29. The van der Waals surface area contributed by atoms with Gasteiger partial charge in [-0.25, -0.2) is 9.97 Å². The molecule has 5 heteroatoms. The van der Waals surface area contributed by atoms with Gasteiger partial charge in [-0.15, -0.1) is 0 Å². The SMILES string of the molecule is Cn1ccc(-c2cc(Cl)nc(-c3ccccc3)n2)n1. The maximum absolute atomic E-state index is 6.07. The van der Waals surface area contributed by atoms with Gasteiger partial charge >= 0.3 is 0 Å². The number of aryl methyl sites for hydroxylation is 1. The average molecular weight is 271 g/mol. The van der Waals surface area contributed by atoms with Gasteiger partial charge in [0.15, 0.2) is 5.82 Å². The van der Waals surface area contributed by atoms with Crippen molar-refractivity contribution < 1.29 is 0 Å². The Balaban J connectivity index is 2.11. The first-order valence-corrected chi connectivity index (χ1v) is 6.20. The van der Waals surface area contributed by atoms with Gasteiger partial charge in [0.2, 0.25) is 0 Å². The molecule has 0 saturated heterocycles. The molecule has 0 unspecified atom stereocenters. The number of nitrogens with zero attached hydrogens (tertiary/aromatic N) is 4. The lowest BCUT2D eigenvalue weighted by molar-refractivity contribution is 0.770. The first kappa shape index (κ1) is 11.9. The molecule has 19 heavy (non-hydrogen) atoms. The molecular formula is C14H11ClN4. The summed E-state index contributed by atoms with van der Waals surface area (Å²) in [6, 6.07) is 13.4. The Kier molecular flexibility index (Phi) is 3.01. The molecule has 0 aliphatic rings. The molecule has 0 spiro atoms. The van der Waals surface area contributed by atoms with E-state index >= 15 is 0 Å². The molecule has 0 N–H and O–H groups in total. The lowest BCUT2D eigenvalue weighted by Gasteiger charge is -2.03. The number of halogens is 1. The van der Waals surface area contributed by atoms with E-state index in [1.54, 1.807) is 10.7 Å². The smallest absolute Gasteiger partial charge is 0.161 e. The standard InChI is InChI=1S/C14H11ClN4/c1-19-8-7-11(18-19)12-9-13(15)17-14(16-12)10-5-3-2-4-6-10/h2-9H,1H3. The molecule has 0 amide bonds. The maximum Gasteiger partial charge on any atom is 0.161 e. The van der Waals surface area contributed by atoms with Crippen LogP contribution in [-0.4, -0.2) is 19.7 Å². The zero-order valence-corrected chi connectivity index (χ0v) is 11.0.